The number of benzene rings is 1. The molecule has 2 nitrogen and oxygen atoms in total. The fraction of sp³-hybridized carbons (Fsp3) is 0.154. The van der Waals surface area contributed by atoms with Gasteiger partial charge in [-0.25, -0.2) is 9.88 Å². The summed E-state index contributed by atoms with van der Waals surface area (Å²) < 4.78 is 3.28. The molecule has 1 heterocycles. The molecule has 0 bridgehead atoms. The number of thiazole rings is 1. The minimum absolute atomic E-state index is 0. The number of anilines is 2. The fourth-order valence-electron chi connectivity index (χ4n) is 1.57. The Morgan fingerprint density at radius 1 is 1.50 bits per heavy atom. The first-order valence-corrected chi connectivity index (χ1v) is 6.99. The third-order valence-electron chi connectivity index (χ3n) is 2.40. The number of halogens is 2. The Balaban J connectivity index is 0.00000162. The van der Waals surface area contributed by atoms with E-state index in [4.69, 9.17) is 0 Å². The molecule has 0 atom stereocenters. The van der Waals surface area contributed by atoms with Gasteiger partial charge in [-0.05, 0) is 25.1 Å². The first kappa shape index (κ1) is 15.4. The Hall–Kier alpha value is -0.650. The zero-order valence-corrected chi connectivity index (χ0v) is 14.0. The van der Waals surface area contributed by atoms with E-state index in [1.165, 1.54) is 5.69 Å². The predicted octanol–water partition coefficient (Wildman–Crippen LogP) is 1.04. The molecule has 0 aliphatic carbocycles. The first-order chi connectivity index (χ1) is 8.20. The molecular formula is C13H14Br2N2S. The van der Waals surface area contributed by atoms with Gasteiger partial charge in [-0.2, -0.15) is 0 Å². The van der Waals surface area contributed by atoms with Crippen LogP contribution in [0.1, 0.15) is 5.69 Å². The second kappa shape index (κ2) is 7.07. The van der Waals surface area contributed by atoms with E-state index in [0.29, 0.717) is 0 Å². The Bertz CT molecular complexity index is 538. The van der Waals surface area contributed by atoms with Gasteiger partial charge in [0, 0.05) is 9.85 Å². The molecule has 96 valence electrons. The molecule has 2 aromatic rings. The number of hydrogen-bond donors (Lipinski definition) is 1. The molecule has 0 saturated carbocycles. The maximum Gasteiger partial charge on any atom is 0.339 e. The van der Waals surface area contributed by atoms with Gasteiger partial charge in [-0.1, -0.05) is 46.0 Å². The van der Waals surface area contributed by atoms with Gasteiger partial charge < -0.3 is 17.0 Å². The molecule has 5 heteroatoms. The van der Waals surface area contributed by atoms with Crippen molar-refractivity contribution in [3.8, 4) is 0 Å². The molecule has 0 unspecified atom stereocenters. The summed E-state index contributed by atoms with van der Waals surface area (Å²) in [6.45, 7) is 6.72. The highest BCUT2D eigenvalue weighted by Crippen LogP contribution is 2.22. The van der Waals surface area contributed by atoms with E-state index < -0.39 is 0 Å². The largest absolute Gasteiger partial charge is 1.00 e. The van der Waals surface area contributed by atoms with Gasteiger partial charge in [-0.15, -0.1) is 0 Å². The minimum Gasteiger partial charge on any atom is -1.00 e. The molecular weight excluding hydrogens is 376 g/mol. The second-order valence-corrected chi connectivity index (χ2v) is 5.49. The normalized spacial score (nSPS) is 9.67. The van der Waals surface area contributed by atoms with Crippen LogP contribution in [0.25, 0.3) is 0 Å². The van der Waals surface area contributed by atoms with Crippen molar-refractivity contribution in [3.63, 3.8) is 0 Å². The summed E-state index contributed by atoms with van der Waals surface area (Å²) in [5.41, 5.74) is 2.33. The van der Waals surface area contributed by atoms with Gasteiger partial charge in [0.05, 0.1) is 0 Å². The van der Waals surface area contributed by atoms with Crippen LogP contribution in [0.5, 0.6) is 0 Å². The van der Waals surface area contributed by atoms with Crippen LogP contribution in [0.4, 0.5) is 10.8 Å². The number of aromatic nitrogens is 1. The highest BCUT2D eigenvalue weighted by molar-refractivity contribution is 9.10. The molecule has 0 aliphatic rings. The lowest BCUT2D eigenvalue weighted by Gasteiger charge is -2.01. The Kier molecular flexibility index (Phi) is 6.05. The van der Waals surface area contributed by atoms with Crippen molar-refractivity contribution in [1.82, 2.24) is 0 Å². The van der Waals surface area contributed by atoms with Gasteiger partial charge >= 0.3 is 5.13 Å². The van der Waals surface area contributed by atoms with Gasteiger partial charge in [0.1, 0.15) is 17.9 Å². The van der Waals surface area contributed by atoms with Crippen molar-refractivity contribution in [3.05, 3.63) is 52.5 Å². The monoisotopic (exact) mass is 388 g/mol. The van der Waals surface area contributed by atoms with Crippen LogP contribution in [0.2, 0.25) is 0 Å². The Morgan fingerprint density at radius 2 is 2.28 bits per heavy atom. The number of aryl methyl sites for hydroxylation is 1. The van der Waals surface area contributed by atoms with Gasteiger partial charge in [-0.3, -0.25) is 0 Å². The smallest absolute Gasteiger partial charge is 0.339 e. The molecule has 2 rings (SSSR count). The van der Waals surface area contributed by atoms with E-state index in [2.05, 4.69) is 56.8 Å². The van der Waals surface area contributed by atoms with Crippen molar-refractivity contribution >= 4 is 38.1 Å². The van der Waals surface area contributed by atoms with Gasteiger partial charge in [0.15, 0.2) is 0 Å². The minimum atomic E-state index is 0. The summed E-state index contributed by atoms with van der Waals surface area (Å²) in [7, 11) is 0. The van der Waals surface area contributed by atoms with Crippen molar-refractivity contribution < 1.29 is 21.5 Å². The molecule has 18 heavy (non-hydrogen) atoms. The fourth-order valence-corrected chi connectivity index (χ4v) is 2.90. The van der Waals surface area contributed by atoms with Crippen molar-refractivity contribution in [1.29, 1.82) is 0 Å². The molecule has 0 saturated heterocycles. The summed E-state index contributed by atoms with van der Waals surface area (Å²) in [6.07, 6.45) is 1.91. The SMILES string of the molecule is C=CC[n+]1c(C)csc1Nc1cccc(Br)c1.[Br-]. The van der Waals surface area contributed by atoms with Crippen LogP contribution in [-0.4, -0.2) is 0 Å². The molecule has 1 N–H and O–H groups in total. The van der Waals surface area contributed by atoms with Crippen LogP contribution < -0.4 is 26.9 Å². The van der Waals surface area contributed by atoms with Gasteiger partial charge in [0.2, 0.25) is 0 Å². The third kappa shape index (κ3) is 3.67. The lowest BCUT2D eigenvalue weighted by atomic mass is 10.3. The van der Waals surface area contributed by atoms with Gasteiger partial charge in [0.25, 0.3) is 0 Å². The highest BCUT2D eigenvalue weighted by Gasteiger charge is 2.14. The summed E-state index contributed by atoms with van der Waals surface area (Å²) in [4.78, 5) is 0. The molecule has 0 spiro atoms. The molecule has 1 aromatic heterocycles. The highest BCUT2D eigenvalue weighted by atomic mass is 79.9. The topological polar surface area (TPSA) is 15.9 Å². The zero-order chi connectivity index (χ0) is 12.3. The summed E-state index contributed by atoms with van der Waals surface area (Å²) in [6, 6.07) is 8.15. The van der Waals surface area contributed by atoms with E-state index in [0.717, 1.165) is 21.8 Å². The Morgan fingerprint density at radius 3 is 2.94 bits per heavy atom. The zero-order valence-electron chi connectivity index (χ0n) is 9.99. The van der Waals surface area contributed by atoms with Crippen molar-refractivity contribution in [2.75, 3.05) is 5.32 Å². The molecule has 0 fully saturated rings. The summed E-state index contributed by atoms with van der Waals surface area (Å²) in [5, 5.41) is 6.69. The van der Waals surface area contributed by atoms with E-state index in [-0.39, 0.29) is 17.0 Å². The number of nitrogens with zero attached hydrogens (tertiary/aromatic N) is 1. The predicted molar refractivity (Wildman–Crippen MR) is 76.9 cm³/mol. The average Bonchev–Trinajstić information content (AvgIpc) is 2.62. The van der Waals surface area contributed by atoms with Crippen LogP contribution in [0, 0.1) is 6.92 Å². The average molecular weight is 390 g/mol. The summed E-state index contributed by atoms with van der Waals surface area (Å²) >= 11 is 5.18. The quantitative estimate of drug-likeness (QED) is 0.610. The van der Waals surface area contributed by atoms with Crippen LogP contribution in [-0.2, 0) is 6.54 Å². The lowest BCUT2D eigenvalue weighted by Crippen LogP contribution is -3.00. The lowest BCUT2D eigenvalue weighted by molar-refractivity contribution is -0.674. The first-order valence-electron chi connectivity index (χ1n) is 5.32. The van der Waals surface area contributed by atoms with Crippen LogP contribution >= 0.6 is 27.3 Å². The second-order valence-electron chi connectivity index (χ2n) is 3.72. The number of allylic oxidation sites excluding steroid dienone is 1. The van der Waals surface area contributed by atoms with Crippen LogP contribution in [0.3, 0.4) is 0 Å². The van der Waals surface area contributed by atoms with Crippen molar-refractivity contribution in [2.24, 2.45) is 0 Å². The van der Waals surface area contributed by atoms with E-state index >= 15 is 0 Å². The van der Waals surface area contributed by atoms with E-state index in [1.54, 1.807) is 11.3 Å². The van der Waals surface area contributed by atoms with Crippen LogP contribution in [0.15, 0.2) is 46.8 Å². The summed E-state index contributed by atoms with van der Waals surface area (Å²) in [5.74, 6) is 0. The van der Waals surface area contributed by atoms with E-state index in [1.807, 2.05) is 18.2 Å². The Labute approximate surface area is 130 Å². The maximum absolute atomic E-state index is 3.79. The number of rotatable bonds is 4. The molecule has 0 amide bonds. The molecule has 0 radical (unpaired) electrons. The molecule has 0 aliphatic heterocycles. The number of nitrogens with one attached hydrogen (secondary N) is 1. The third-order valence-corrected chi connectivity index (χ3v) is 3.90. The standard InChI is InChI=1S/C13H13BrN2S.BrH/c1-3-7-16-10(2)9-17-13(16)15-12-6-4-5-11(14)8-12;/h3-6,8-9H,1,7H2,2H3;1H. The van der Waals surface area contributed by atoms with Crippen molar-refractivity contribution in [2.45, 2.75) is 13.5 Å². The maximum atomic E-state index is 3.79. The van der Waals surface area contributed by atoms with E-state index in [9.17, 15) is 0 Å². The molecule has 1 aromatic carbocycles. The number of hydrogen-bond acceptors (Lipinski definition) is 2.